The Morgan fingerprint density at radius 3 is 2.12 bits per heavy atom. The Bertz CT molecular complexity index is 1260. The summed E-state index contributed by atoms with van der Waals surface area (Å²) in [7, 11) is 0. The number of rotatable bonds is 7. The van der Waals surface area contributed by atoms with Crippen molar-refractivity contribution in [1.29, 1.82) is 0 Å². The van der Waals surface area contributed by atoms with Crippen LogP contribution in [0.1, 0.15) is 50.5 Å². The summed E-state index contributed by atoms with van der Waals surface area (Å²) in [6, 6.07) is 26.8. The van der Waals surface area contributed by atoms with Crippen LogP contribution in [0.3, 0.4) is 0 Å². The number of amides is 1. The molecule has 0 aliphatic heterocycles. The van der Waals surface area contributed by atoms with Crippen LogP contribution in [0.25, 0.3) is 10.8 Å². The third-order valence-electron chi connectivity index (χ3n) is 6.00. The fourth-order valence-electron chi connectivity index (χ4n) is 3.96. The summed E-state index contributed by atoms with van der Waals surface area (Å²) in [6.45, 7) is 4.23. The summed E-state index contributed by atoms with van der Waals surface area (Å²) in [6.07, 6.45) is -1.24. The van der Waals surface area contributed by atoms with Gasteiger partial charge in [-0.25, -0.2) is 11.8 Å². The number of carbonyl (C=O) groups is 1. The number of hydrogen-bond acceptors (Lipinski definition) is 5. The summed E-state index contributed by atoms with van der Waals surface area (Å²) in [5.74, 6) is 10.9. The van der Waals surface area contributed by atoms with Crippen molar-refractivity contribution in [2.75, 3.05) is 0 Å². The molecule has 0 aliphatic rings. The Morgan fingerprint density at radius 2 is 1.45 bits per heavy atom. The fraction of sp³-hybridized carbons (Fsp3) is 0.148. The standard InChI is InChI=1S/C27H27N3O3/c1-17-8-9-22-16-23(14-15-24(22)18(17)2)25(32-28)19-10-12-21(13-11-19)27(33-29)30-26(31)20-6-4-3-5-7-20/h3-16,25,27H,28-29H2,1-2H3,(H,30,31). The van der Waals surface area contributed by atoms with Crippen LogP contribution < -0.4 is 17.1 Å². The van der Waals surface area contributed by atoms with Crippen LogP contribution >= 0.6 is 0 Å². The molecular weight excluding hydrogens is 414 g/mol. The smallest absolute Gasteiger partial charge is 0.253 e. The molecule has 0 fully saturated rings. The van der Waals surface area contributed by atoms with Crippen LogP contribution in [0.2, 0.25) is 0 Å². The maximum Gasteiger partial charge on any atom is 0.253 e. The van der Waals surface area contributed by atoms with E-state index < -0.39 is 12.3 Å². The lowest BCUT2D eigenvalue weighted by Gasteiger charge is -2.20. The van der Waals surface area contributed by atoms with Gasteiger partial charge in [0.2, 0.25) is 0 Å². The van der Waals surface area contributed by atoms with Gasteiger partial charge in [-0.05, 0) is 65.1 Å². The molecule has 4 aromatic rings. The Morgan fingerprint density at radius 1 is 0.788 bits per heavy atom. The number of benzene rings is 4. The Labute approximate surface area is 193 Å². The molecule has 4 aromatic carbocycles. The topological polar surface area (TPSA) is 99.6 Å². The molecule has 33 heavy (non-hydrogen) atoms. The van der Waals surface area contributed by atoms with Gasteiger partial charge in [0.05, 0.1) is 0 Å². The first kappa shape index (κ1) is 22.6. The second kappa shape index (κ2) is 9.94. The average molecular weight is 442 g/mol. The highest BCUT2D eigenvalue weighted by molar-refractivity contribution is 5.94. The minimum absolute atomic E-state index is 0.278. The van der Waals surface area contributed by atoms with Crippen molar-refractivity contribution in [3.63, 3.8) is 0 Å². The number of fused-ring (bicyclic) bond motifs is 1. The Balaban J connectivity index is 1.56. The largest absolute Gasteiger partial charge is 0.321 e. The van der Waals surface area contributed by atoms with Crippen LogP contribution in [0.4, 0.5) is 0 Å². The van der Waals surface area contributed by atoms with Gasteiger partial charge in [-0.1, -0.05) is 66.7 Å². The van der Waals surface area contributed by atoms with Gasteiger partial charge in [0.1, 0.15) is 6.10 Å². The molecule has 168 valence electrons. The number of nitrogens with one attached hydrogen (secondary N) is 1. The first-order chi connectivity index (χ1) is 16.0. The Hall–Kier alpha value is -3.55. The lowest BCUT2D eigenvalue weighted by atomic mass is 9.95. The lowest BCUT2D eigenvalue weighted by Crippen LogP contribution is -2.32. The molecule has 6 nitrogen and oxygen atoms in total. The minimum atomic E-state index is -0.795. The van der Waals surface area contributed by atoms with Gasteiger partial charge < -0.3 is 5.32 Å². The van der Waals surface area contributed by atoms with Crippen LogP contribution in [-0.2, 0) is 9.68 Å². The molecule has 5 N–H and O–H groups in total. The molecule has 0 saturated heterocycles. The maximum atomic E-state index is 12.5. The van der Waals surface area contributed by atoms with Crippen molar-refractivity contribution in [3.05, 3.63) is 118 Å². The van der Waals surface area contributed by atoms with Crippen molar-refractivity contribution < 1.29 is 14.5 Å². The molecule has 0 spiro atoms. The van der Waals surface area contributed by atoms with E-state index in [1.54, 1.807) is 24.3 Å². The minimum Gasteiger partial charge on any atom is -0.321 e. The van der Waals surface area contributed by atoms with Gasteiger partial charge in [-0.2, -0.15) is 0 Å². The van der Waals surface area contributed by atoms with E-state index in [1.807, 2.05) is 36.4 Å². The first-order valence-electron chi connectivity index (χ1n) is 10.7. The molecule has 0 bridgehead atoms. The highest BCUT2D eigenvalue weighted by Gasteiger charge is 2.19. The quantitative estimate of drug-likeness (QED) is 0.284. The fourth-order valence-corrected chi connectivity index (χ4v) is 3.96. The van der Waals surface area contributed by atoms with Crippen molar-refractivity contribution in [2.45, 2.75) is 26.2 Å². The van der Waals surface area contributed by atoms with Gasteiger partial charge in [0.25, 0.3) is 5.91 Å². The van der Waals surface area contributed by atoms with E-state index in [9.17, 15) is 4.79 Å². The third-order valence-corrected chi connectivity index (χ3v) is 6.00. The van der Waals surface area contributed by atoms with Crippen LogP contribution in [0.5, 0.6) is 0 Å². The lowest BCUT2D eigenvalue weighted by molar-refractivity contribution is 0.0259. The van der Waals surface area contributed by atoms with E-state index in [0.29, 0.717) is 11.1 Å². The molecule has 1 amide bonds. The number of nitrogens with two attached hydrogens (primary N) is 2. The number of aryl methyl sites for hydroxylation is 2. The summed E-state index contributed by atoms with van der Waals surface area (Å²) in [4.78, 5) is 22.8. The van der Waals surface area contributed by atoms with E-state index >= 15 is 0 Å². The van der Waals surface area contributed by atoms with Crippen LogP contribution in [0.15, 0.2) is 84.9 Å². The summed E-state index contributed by atoms with van der Waals surface area (Å²) < 4.78 is 0. The molecule has 0 saturated carbocycles. The van der Waals surface area contributed by atoms with Gasteiger partial charge in [-0.3, -0.25) is 14.5 Å². The Kier molecular flexibility index (Phi) is 6.82. The number of carbonyl (C=O) groups excluding carboxylic acids is 1. The highest BCUT2D eigenvalue weighted by Crippen LogP contribution is 2.30. The molecule has 0 radical (unpaired) electrons. The monoisotopic (exact) mass is 441 g/mol. The van der Waals surface area contributed by atoms with Crippen LogP contribution in [-0.4, -0.2) is 5.91 Å². The molecule has 0 aliphatic carbocycles. The number of hydrogen-bond donors (Lipinski definition) is 3. The SMILES string of the molecule is Cc1ccc2cc(C(ON)c3ccc(C(NC(=O)c4ccccc4)ON)cc3)ccc2c1C. The molecule has 4 rings (SSSR count). The molecule has 0 heterocycles. The average Bonchev–Trinajstić information content (AvgIpc) is 2.86. The van der Waals surface area contributed by atoms with E-state index in [0.717, 1.165) is 16.5 Å². The zero-order valence-corrected chi connectivity index (χ0v) is 18.6. The van der Waals surface area contributed by atoms with Gasteiger partial charge in [-0.15, -0.1) is 0 Å². The molecule has 2 unspecified atom stereocenters. The second-order valence-electron chi connectivity index (χ2n) is 8.03. The first-order valence-corrected chi connectivity index (χ1v) is 10.7. The molecule has 2 atom stereocenters. The van der Waals surface area contributed by atoms with Crippen molar-refractivity contribution in [2.24, 2.45) is 11.8 Å². The highest BCUT2D eigenvalue weighted by atomic mass is 16.6. The van der Waals surface area contributed by atoms with Gasteiger partial charge >= 0.3 is 0 Å². The van der Waals surface area contributed by atoms with E-state index in [1.165, 1.54) is 16.5 Å². The van der Waals surface area contributed by atoms with E-state index in [2.05, 4.69) is 43.4 Å². The summed E-state index contributed by atoms with van der Waals surface area (Å²) >= 11 is 0. The molecule has 0 aromatic heterocycles. The predicted octanol–water partition coefficient (Wildman–Crippen LogP) is 4.76. The molecular formula is C27H27N3O3. The van der Waals surface area contributed by atoms with Crippen molar-refractivity contribution >= 4 is 16.7 Å². The van der Waals surface area contributed by atoms with Gasteiger partial charge in [0, 0.05) is 11.1 Å². The van der Waals surface area contributed by atoms with Crippen LogP contribution in [0, 0.1) is 13.8 Å². The summed E-state index contributed by atoms with van der Waals surface area (Å²) in [5, 5.41) is 5.13. The van der Waals surface area contributed by atoms with E-state index in [4.69, 9.17) is 21.5 Å². The maximum absolute atomic E-state index is 12.5. The van der Waals surface area contributed by atoms with E-state index in [-0.39, 0.29) is 5.91 Å². The van der Waals surface area contributed by atoms with Gasteiger partial charge in [0.15, 0.2) is 6.23 Å². The second-order valence-corrected chi connectivity index (χ2v) is 8.03. The third kappa shape index (κ3) is 4.79. The predicted molar refractivity (Wildman–Crippen MR) is 129 cm³/mol. The zero-order chi connectivity index (χ0) is 23.4. The normalized spacial score (nSPS) is 13.0. The zero-order valence-electron chi connectivity index (χ0n) is 18.6. The van der Waals surface area contributed by atoms with Crippen molar-refractivity contribution in [1.82, 2.24) is 5.32 Å². The molecule has 6 heteroatoms. The van der Waals surface area contributed by atoms with Crippen molar-refractivity contribution in [3.8, 4) is 0 Å². The summed E-state index contributed by atoms with van der Waals surface area (Å²) in [5.41, 5.74) is 5.56.